The van der Waals surface area contributed by atoms with E-state index in [2.05, 4.69) is 5.32 Å². The van der Waals surface area contributed by atoms with Crippen LogP contribution in [0, 0.1) is 5.82 Å². The molecule has 116 valence electrons. The van der Waals surface area contributed by atoms with Crippen LogP contribution in [0.25, 0.3) is 0 Å². The standard InChI is InChI=1S/C13H14Cl2FNO3S/c1-13(4-2-3-5-13)17-12(18)9-6-8(14)7-10(11(9)16)21(15,19)20/h6-7H,2-5H2,1H3,(H,17,18). The Labute approximate surface area is 132 Å². The van der Waals surface area contributed by atoms with Gasteiger partial charge in [-0.05, 0) is 31.9 Å². The van der Waals surface area contributed by atoms with Crippen molar-refractivity contribution in [3.8, 4) is 0 Å². The second-order valence-electron chi connectivity index (χ2n) is 5.43. The minimum Gasteiger partial charge on any atom is -0.347 e. The van der Waals surface area contributed by atoms with Crippen molar-refractivity contribution in [2.75, 3.05) is 0 Å². The minimum atomic E-state index is -4.32. The third-order valence-electron chi connectivity index (χ3n) is 3.63. The number of hydrogen-bond acceptors (Lipinski definition) is 3. The molecule has 1 amide bonds. The highest BCUT2D eigenvalue weighted by Gasteiger charge is 2.32. The molecule has 1 aliphatic carbocycles. The van der Waals surface area contributed by atoms with Gasteiger partial charge < -0.3 is 5.32 Å². The Morgan fingerprint density at radius 1 is 1.33 bits per heavy atom. The van der Waals surface area contributed by atoms with Gasteiger partial charge >= 0.3 is 0 Å². The first-order valence-electron chi connectivity index (χ1n) is 6.39. The fourth-order valence-corrected chi connectivity index (χ4v) is 3.74. The number of amides is 1. The van der Waals surface area contributed by atoms with Crippen molar-refractivity contribution in [1.29, 1.82) is 0 Å². The third kappa shape index (κ3) is 3.67. The Morgan fingerprint density at radius 2 is 1.90 bits per heavy atom. The van der Waals surface area contributed by atoms with E-state index in [1.807, 2.05) is 6.92 Å². The molecule has 0 atom stereocenters. The number of halogens is 3. The molecule has 1 aromatic rings. The molecule has 2 rings (SSSR count). The number of carbonyl (C=O) groups excluding carboxylic acids is 1. The molecule has 0 saturated heterocycles. The van der Waals surface area contributed by atoms with Crippen molar-refractivity contribution in [2.24, 2.45) is 0 Å². The summed E-state index contributed by atoms with van der Waals surface area (Å²) in [5.74, 6) is -1.88. The summed E-state index contributed by atoms with van der Waals surface area (Å²) in [6, 6.07) is 1.98. The smallest absolute Gasteiger partial charge is 0.264 e. The number of benzene rings is 1. The van der Waals surface area contributed by atoms with Crippen LogP contribution >= 0.6 is 22.3 Å². The van der Waals surface area contributed by atoms with Gasteiger partial charge in [-0.2, -0.15) is 0 Å². The van der Waals surface area contributed by atoms with Crippen LogP contribution in [0.2, 0.25) is 5.02 Å². The molecule has 21 heavy (non-hydrogen) atoms. The lowest BCUT2D eigenvalue weighted by atomic mass is 10.00. The van der Waals surface area contributed by atoms with E-state index in [4.69, 9.17) is 22.3 Å². The monoisotopic (exact) mass is 353 g/mol. The van der Waals surface area contributed by atoms with E-state index in [0.717, 1.165) is 37.8 Å². The quantitative estimate of drug-likeness (QED) is 0.846. The third-order valence-corrected chi connectivity index (χ3v) is 5.17. The molecule has 1 aromatic carbocycles. The number of hydrogen-bond donors (Lipinski definition) is 1. The molecule has 1 aliphatic rings. The first kappa shape index (κ1) is 16.5. The molecule has 1 saturated carbocycles. The predicted octanol–water partition coefficient (Wildman–Crippen LogP) is 3.47. The van der Waals surface area contributed by atoms with E-state index in [9.17, 15) is 17.6 Å². The second-order valence-corrected chi connectivity index (χ2v) is 8.40. The lowest BCUT2D eigenvalue weighted by Crippen LogP contribution is -2.44. The predicted molar refractivity (Wildman–Crippen MR) is 78.8 cm³/mol. The fraction of sp³-hybridized carbons (Fsp3) is 0.462. The largest absolute Gasteiger partial charge is 0.347 e. The summed E-state index contributed by atoms with van der Waals surface area (Å²) in [6.45, 7) is 1.87. The van der Waals surface area contributed by atoms with Gasteiger partial charge in [-0.3, -0.25) is 4.79 Å². The second kappa shape index (κ2) is 5.74. The van der Waals surface area contributed by atoms with Gasteiger partial charge in [0.15, 0.2) is 5.82 Å². The van der Waals surface area contributed by atoms with Crippen molar-refractivity contribution >= 4 is 37.2 Å². The maximum absolute atomic E-state index is 14.2. The van der Waals surface area contributed by atoms with Gasteiger partial charge in [-0.15, -0.1) is 0 Å². The molecular weight excluding hydrogens is 340 g/mol. The lowest BCUT2D eigenvalue weighted by Gasteiger charge is -2.25. The van der Waals surface area contributed by atoms with E-state index < -0.39 is 36.8 Å². The van der Waals surface area contributed by atoms with E-state index in [-0.39, 0.29) is 5.02 Å². The van der Waals surface area contributed by atoms with E-state index in [1.54, 1.807) is 0 Å². The molecule has 0 radical (unpaired) electrons. The van der Waals surface area contributed by atoms with Crippen LogP contribution in [0.5, 0.6) is 0 Å². The first-order valence-corrected chi connectivity index (χ1v) is 9.07. The molecule has 1 N–H and O–H groups in total. The SMILES string of the molecule is CC1(NC(=O)c2cc(Cl)cc(S(=O)(=O)Cl)c2F)CCCC1. The molecule has 0 unspecified atom stereocenters. The number of carbonyl (C=O) groups is 1. The average molecular weight is 354 g/mol. The molecule has 0 aliphatic heterocycles. The van der Waals surface area contributed by atoms with Crippen LogP contribution in [0.15, 0.2) is 17.0 Å². The molecule has 8 heteroatoms. The van der Waals surface area contributed by atoms with Crippen LogP contribution in [0.1, 0.15) is 43.0 Å². The maximum Gasteiger partial charge on any atom is 0.264 e. The van der Waals surface area contributed by atoms with Gasteiger partial charge in [-0.1, -0.05) is 24.4 Å². The Balaban J connectivity index is 2.40. The first-order chi connectivity index (χ1) is 9.62. The summed E-state index contributed by atoms with van der Waals surface area (Å²) in [4.78, 5) is 11.4. The summed E-state index contributed by atoms with van der Waals surface area (Å²) < 4.78 is 36.9. The minimum absolute atomic E-state index is 0.0719. The van der Waals surface area contributed by atoms with Crippen molar-refractivity contribution < 1.29 is 17.6 Å². The summed E-state index contributed by atoms with van der Waals surface area (Å²) in [5, 5.41) is 2.67. The Kier molecular flexibility index (Phi) is 4.52. The van der Waals surface area contributed by atoms with Gasteiger partial charge in [0.1, 0.15) is 4.90 Å². The highest BCUT2D eigenvalue weighted by molar-refractivity contribution is 8.13. The molecule has 4 nitrogen and oxygen atoms in total. The van der Waals surface area contributed by atoms with Crippen LogP contribution in [0.4, 0.5) is 4.39 Å². The molecule has 0 aromatic heterocycles. The number of rotatable bonds is 3. The highest BCUT2D eigenvalue weighted by atomic mass is 35.7. The van der Waals surface area contributed by atoms with E-state index in [0.29, 0.717) is 0 Å². The van der Waals surface area contributed by atoms with Crippen LogP contribution in [0.3, 0.4) is 0 Å². The van der Waals surface area contributed by atoms with Crippen molar-refractivity contribution in [3.63, 3.8) is 0 Å². The number of nitrogens with one attached hydrogen (secondary N) is 1. The maximum atomic E-state index is 14.2. The van der Waals surface area contributed by atoms with Crippen LogP contribution in [-0.2, 0) is 9.05 Å². The normalized spacial score (nSPS) is 17.7. The topological polar surface area (TPSA) is 63.2 Å². The molecule has 1 fully saturated rings. The fourth-order valence-electron chi connectivity index (χ4n) is 2.53. The molecule has 0 heterocycles. The van der Waals surface area contributed by atoms with Gasteiger partial charge in [0.25, 0.3) is 15.0 Å². The van der Waals surface area contributed by atoms with Crippen molar-refractivity contribution in [1.82, 2.24) is 5.32 Å². The molecule has 0 spiro atoms. The average Bonchev–Trinajstić information content (AvgIpc) is 2.76. The van der Waals surface area contributed by atoms with E-state index >= 15 is 0 Å². The van der Waals surface area contributed by atoms with E-state index in [1.165, 1.54) is 0 Å². The zero-order valence-corrected chi connectivity index (χ0v) is 13.6. The van der Waals surface area contributed by atoms with Crippen LogP contribution in [-0.4, -0.2) is 19.9 Å². The molecular formula is C13H14Cl2FNO3S. The van der Waals surface area contributed by atoms with Crippen LogP contribution < -0.4 is 5.32 Å². The zero-order valence-electron chi connectivity index (χ0n) is 11.3. The lowest BCUT2D eigenvalue weighted by molar-refractivity contribution is 0.0903. The zero-order chi connectivity index (χ0) is 15.8. The van der Waals surface area contributed by atoms with Gasteiger partial charge in [-0.25, -0.2) is 12.8 Å². The van der Waals surface area contributed by atoms with Gasteiger partial charge in [0.2, 0.25) is 0 Å². The Morgan fingerprint density at radius 3 is 2.43 bits per heavy atom. The van der Waals surface area contributed by atoms with Crippen molar-refractivity contribution in [3.05, 3.63) is 28.5 Å². The summed E-state index contributed by atoms with van der Waals surface area (Å²) in [6.07, 6.45) is 3.55. The van der Waals surface area contributed by atoms with Gasteiger partial charge in [0.05, 0.1) is 5.56 Å². The van der Waals surface area contributed by atoms with Gasteiger partial charge in [0, 0.05) is 21.2 Å². The Hall–Kier alpha value is -0.850. The molecule has 0 bridgehead atoms. The summed E-state index contributed by atoms with van der Waals surface area (Å²) in [7, 11) is 0.830. The highest BCUT2D eigenvalue weighted by Crippen LogP contribution is 2.31. The van der Waals surface area contributed by atoms with Crippen molar-refractivity contribution in [2.45, 2.75) is 43.0 Å². The summed E-state index contributed by atoms with van der Waals surface area (Å²) >= 11 is 5.75. The Bertz CT molecular complexity index is 685. The summed E-state index contributed by atoms with van der Waals surface area (Å²) in [5.41, 5.74) is -0.832.